The van der Waals surface area contributed by atoms with Gasteiger partial charge in [-0.1, -0.05) is 58.0 Å². The van der Waals surface area contributed by atoms with E-state index in [-0.39, 0.29) is 11.3 Å². The van der Waals surface area contributed by atoms with E-state index in [9.17, 15) is 4.79 Å². The maximum atomic E-state index is 12.5. The highest BCUT2D eigenvalue weighted by Gasteiger charge is 2.21. The Morgan fingerprint density at radius 1 is 0.956 bits per heavy atom. The van der Waals surface area contributed by atoms with Crippen LogP contribution < -0.4 is 15.0 Å². The molecule has 238 valence electrons. The number of amides is 1. The number of nitrogens with one attached hydrogen (secondary N) is 2. The number of para-hydroxylation sites is 1. The van der Waals surface area contributed by atoms with E-state index in [1.807, 2.05) is 24.3 Å². The summed E-state index contributed by atoms with van der Waals surface area (Å²) in [5.74, 6) is 2.45. The number of benzene rings is 3. The van der Waals surface area contributed by atoms with Gasteiger partial charge in [0.1, 0.15) is 23.7 Å². The van der Waals surface area contributed by atoms with E-state index >= 15 is 0 Å². The van der Waals surface area contributed by atoms with Crippen molar-refractivity contribution in [2.45, 2.75) is 46.0 Å². The van der Waals surface area contributed by atoms with Crippen LogP contribution in [0.1, 0.15) is 46.1 Å². The minimum absolute atomic E-state index is 0.0479. The molecule has 1 unspecified atom stereocenters. The van der Waals surface area contributed by atoms with Crippen LogP contribution in [0.5, 0.6) is 5.75 Å². The quantitative estimate of drug-likeness (QED) is 0.229. The van der Waals surface area contributed by atoms with Crippen molar-refractivity contribution in [1.29, 1.82) is 0 Å². The summed E-state index contributed by atoms with van der Waals surface area (Å²) in [6.45, 7) is 16.8. The van der Waals surface area contributed by atoms with Gasteiger partial charge in [0.25, 0.3) is 0 Å². The molecule has 6 rings (SSSR count). The first kappa shape index (κ1) is 31.1. The van der Waals surface area contributed by atoms with Gasteiger partial charge in [-0.15, -0.1) is 0 Å². The van der Waals surface area contributed by atoms with Crippen molar-refractivity contribution in [3.63, 3.8) is 0 Å². The Balaban J connectivity index is 0.964. The predicted octanol–water partition coefficient (Wildman–Crippen LogP) is 6.40. The average molecular weight is 609 g/mol. The number of fused-ring (bicyclic) bond motifs is 1. The van der Waals surface area contributed by atoms with E-state index in [2.05, 4.69) is 95.2 Å². The molecule has 2 saturated heterocycles. The second-order valence-corrected chi connectivity index (χ2v) is 13.8. The van der Waals surface area contributed by atoms with Crippen LogP contribution in [0.2, 0.25) is 0 Å². The lowest BCUT2D eigenvalue weighted by atomic mass is 9.87. The normalized spacial score (nSPS) is 18.3. The second kappa shape index (κ2) is 13.6. The summed E-state index contributed by atoms with van der Waals surface area (Å²) in [6.07, 6.45) is 2.43. The van der Waals surface area contributed by atoms with Crippen molar-refractivity contribution < 1.29 is 9.53 Å². The molecule has 8 heteroatoms. The Labute approximate surface area is 267 Å². The molecule has 8 nitrogen and oxygen atoms in total. The number of hydrogen-bond donors (Lipinski definition) is 2. The van der Waals surface area contributed by atoms with Gasteiger partial charge in [0, 0.05) is 50.5 Å². The van der Waals surface area contributed by atoms with E-state index in [0.717, 1.165) is 79.7 Å². The van der Waals surface area contributed by atoms with Gasteiger partial charge in [0.2, 0.25) is 5.91 Å². The molecule has 0 spiro atoms. The smallest absolute Gasteiger partial charge is 0.238 e. The summed E-state index contributed by atoms with van der Waals surface area (Å²) >= 11 is 0. The molecule has 1 amide bonds. The van der Waals surface area contributed by atoms with E-state index in [4.69, 9.17) is 9.72 Å². The SMILES string of the molecule is CC1CCCN(CC(=O)Nc2ccc(OCCN3CCN(c4cccc5[nH]c(-c6ccc(C(C)(C)C)cc6)nc45)CC3)cc2)C1. The lowest BCUT2D eigenvalue weighted by Gasteiger charge is -2.36. The van der Waals surface area contributed by atoms with Crippen molar-refractivity contribution in [3.05, 3.63) is 72.3 Å². The summed E-state index contributed by atoms with van der Waals surface area (Å²) in [6, 6.07) is 22.9. The Morgan fingerprint density at radius 2 is 1.71 bits per heavy atom. The molecular weight excluding hydrogens is 560 g/mol. The van der Waals surface area contributed by atoms with Gasteiger partial charge in [0.15, 0.2) is 0 Å². The van der Waals surface area contributed by atoms with Gasteiger partial charge < -0.3 is 19.9 Å². The number of H-pyrrole nitrogens is 1. The number of carbonyl (C=O) groups excluding carboxylic acids is 1. The van der Waals surface area contributed by atoms with Crippen molar-refractivity contribution in [2.75, 3.05) is 69.2 Å². The summed E-state index contributed by atoms with van der Waals surface area (Å²) in [5, 5.41) is 3.03. The third kappa shape index (κ3) is 7.86. The number of anilines is 2. The van der Waals surface area contributed by atoms with E-state index in [0.29, 0.717) is 19.1 Å². The Hall–Kier alpha value is -3.88. The molecule has 3 heterocycles. The van der Waals surface area contributed by atoms with Crippen molar-refractivity contribution >= 4 is 28.3 Å². The molecule has 0 radical (unpaired) electrons. The van der Waals surface area contributed by atoms with Crippen LogP contribution in [0, 0.1) is 5.92 Å². The molecule has 1 atom stereocenters. The summed E-state index contributed by atoms with van der Waals surface area (Å²) in [4.78, 5) is 28.2. The number of imidazole rings is 1. The Bertz CT molecular complexity index is 1570. The number of piperazine rings is 1. The van der Waals surface area contributed by atoms with E-state index in [1.165, 1.54) is 24.1 Å². The van der Waals surface area contributed by atoms with Crippen LogP contribution >= 0.6 is 0 Å². The van der Waals surface area contributed by atoms with Crippen LogP contribution in [0.25, 0.3) is 22.4 Å². The number of aromatic amines is 1. The topological polar surface area (TPSA) is 76.7 Å². The number of ether oxygens (including phenoxy) is 1. The number of likely N-dealkylation sites (tertiary alicyclic amines) is 1. The summed E-state index contributed by atoms with van der Waals surface area (Å²) in [5.41, 5.74) is 6.66. The first-order valence-corrected chi connectivity index (χ1v) is 16.5. The summed E-state index contributed by atoms with van der Waals surface area (Å²) < 4.78 is 6.05. The van der Waals surface area contributed by atoms with Crippen LogP contribution in [0.15, 0.2) is 66.7 Å². The molecule has 2 aliphatic heterocycles. The first-order chi connectivity index (χ1) is 21.7. The minimum Gasteiger partial charge on any atom is -0.492 e. The second-order valence-electron chi connectivity index (χ2n) is 13.8. The monoisotopic (exact) mass is 608 g/mol. The maximum Gasteiger partial charge on any atom is 0.238 e. The van der Waals surface area contributed by atoms with Crippen LogP contribution in [-0.4, -0.2) is 84.6 Å². The zero-order valence-electron chi connectivity index (χ0n) is 27.3. The Morgan fingerprint density at radius 3 is 2.42 bits per heavy atom. The zero-order valence-corrected chi connectivity index (χ0v) is 27.3. The fourth-order valence-corrected chi connectivity index (χ4v) is 6.51. The third-order valence-electron chi connectivity index (χ3n) is 9.15. The highest BCUT2D eigenvalue weighted by atomic mass is 16.5. The van der Waals surface area contributed by atoms with Gasteiger partial charge in [0.05, 0.1) is 17.7 Å². The van der Waals surface area contributed by atoms with Crippen LogP contribution in [0.3, 0.4) is 0 Å². The predicted molar refractivity (Wildman–Crippen MR) is 184 cm³/mol. The van der Waals surface area contributed by atoms with Gasteiger partial charge >= 0.3 is 0 Å². The molecule has 45 heavy (non-hydrogen) atoms. The third-order valence-corrected chi connectivity index (χ3v) is 9.15. The summed E-state index contributed by atoms with van der Waals surface area (Å²) in [7, 11) is 0. The molecule has 0 saturated carbocycles. The van der Waals surface area contributed by atoms with Gasteiger partial charge in [-0.3, -0.25) is 14.6 Å². The molecular formula is C37H48N6O2. The largest absolute Gasteiger partial charge is 0.492 e. The van der Waals surface area contributed by atoms with Crippen molar-refractivity contribution in [3.8, 4) is 17.1 Å². The number of aromatic nitrogens is 2. The number of carbonyl (C=O) groups is 1. The first-order valence-electron chi connectivity index (χ1n) is 16.5. The molecule has 4 aromatic rings. The van der Waals surface area contributed by atoms with Gasteiger partial charge in [-0.05, 0) is 72.7 Å². The standard InChI is InChI=1S/C37H48N6O2/c1-27-7-6-18-42(25-27)26-34(44)38-30-14-16-31(17-15-30)45-24-23-41-19-21-43(22-20-41)33-9-5-8-32-35(33)40-36(39-32)28-10-12-29(13-11-28)37(2,3)4/h5,8-17,27H,6-7,18-26H2,1-4H3,(H,38,44)(H,39,40). The van der Waals surface area contributed by atoms with Crippen LogP contribution in [-0.2, 0) is 10.2 Å². The fraction of sp³-hybridized carbons (Fsp3) is 0.459. The molecule has 1 aromatic heterocycles. The zero-order chi connectivity index (χ0) is 31.4. The van der Waals surface area contributed by atoms with Gasteiger partial charge in [-0.25, -0.2) is 4.98 Å². The Kier molecular flexibility index (Phi) is 9.42. The average Bonchev–Trinajstić information content (AvgIpc) is 3.47. The van der Waals surface area contributed by atoms with Crippen molar-refractivity contribution in [1.82, 2.24) is 19.8 Å². The lowest BCUT2D eigenvalue weighted by Crippen LogP contribution is -2.47. The van der Waals surface area contributed by atoms with Crippen molar-refractivity contribution in [2.24, 2.45) is 5.92 Å². The molecule has 2 aliphatic rings. The molecule has 3 aromatic carbocycles. The highest BCUT2D eigenvalue weighted by molar-refractivity contribution is 5.92. The minimum atomic E-state index is 0.0479. The van der Waals surface area contributed by atoms with E-state index in [1.54, 1.807) is 0 Å². The number of rotatable bonds is 9. The molecule has 2 fully saturated rings. The molecule has 2 N–H and O–H groups in total. The lowest BCUT2D eigenvalue weighted by molar-refractivity contribution is -0.117. The molecule has 0 aliphatic carbocycles. The number of nitrogens with zero attached hydrogens (tertiary/aromatic N) is 4. The molecule has 0 bridgehead atoms. The van der Waals surface area contributed by atoms with Crippen LogP contribution in [0.4, 0.5) is 11.4 Å². The van der Waals surface area contributed by atoms with Gasteiger partial charge in [-0.2, -0.15) is 0 Å². The maximum absolute atomic E-state index is 12.5. The van der Waals surface area contributed by atoms with E-state index < -0.39 is 0 Å². The number of hydrogen-bond acceptors (Lipinski definition) is 6. The number of piperidine rings is 1. The highest BCUT2D eigenvalue weighted by Crippen LogP contribution is 2.30. The fourth-order valence-electron chi connectivity index (χ4n) is 6.51.